The summed E-state index contributed by atoms with van der Waals surface area (Å²) in [4.78, 5) is 5.54. The summed E-state index contributed by atoms with van der Waals surface area (Å²) in [5.41, 5.74) is 0.801. The van der Waals surface area contributed by atoms with Crippen LogP contribution in [0.15, 0.2) is 46.2 Å². The van der Waals surface area contributed by atoms with Crippen molar-refractivity contribution in [3.8, 4) is 22.3 Å². The minimum Gasteiger partial charge on any atom is -0.490 e. The monoisotopic (exact) mass is 315 g/mol. The van der Waals surface area contributed by atoms with E-state index < -0.39 is 0 Å². The van der Waals surface area contributed by atoms with Gasteiger partial charge in [0, 0.05) is 0 Å². The third-order valence-electron chi connectivity index (χ3n) is 3.14. The number of nitrogens with zero attached hydrogens (tertiary/aromatic N) is 1. The quantitative estimate of drug-likeness (QED) is 0.662. The Kier molecular flexibility index (Phi) is 4.44. The molecule has 5 heteroatoms. The normalized spacial score (nSPS) is 10.6. The van der Waals surface area contributed by atoms with Gasteiger partial charge in [0.05, 0.1) is 11.5 Å². The molecule has 0 fully saturated rings. The third kappa shape index (κ3) is 3.14. The van der Waals surface area contributed by atoms with E-state index in [1.165, 1.54) is 0 Å². The van der Waals surface area contributed by atoms with Crippen LogP contribution in [0.25, 0.3) is 10.8 Å². The van der Waals surface area contributed by atoms with Crippen LogP contribution in [0.5, 0.6) is 11.5 Å². The Hall–Kier alpha value is -2.27. The molecule has 2 heterocycles. The Morgan fingerprint density at radius 3 is 2.55 bits per heavy atom. The molecule has 2 aromatic heterocycles. The average molecular weight is 315 g/mol. The highest BCUT2D eigenvalue weighted by atomic mass is 32.1. The van der Waals surface area contributed by atoms with Gasteiger partial charge in [0.1, 0.15) is 18.1 Å². The number of thiophene rings is 1. The molecule has 114 valence electrons. The first kappa shape index (κ1) is 14.7. The highest BCUT2D eigenvalue weighted by molar-refractivity contribution is 7.13. The molecule has 1 aromatic carbocycles. The van der Waals surface area contributed by atoms with Crippen LogP contribution in [-0.2, 0) is 6.61 Å². The van der Waals surface area contributed by atoms with Gasteiger partial charge in [0.15, 0.2) is 11.5 Å². The van der Waals surface area contributed by atoms with Gasteiger partial charge in [-0.2, -0.15) is 0 Å². The topological polar surface area (TPSA) is 44.5 Å². The van der Waals surface area contributed by atoms with Gasteiger partial charge < -0.3 is 13.9 Å². The van der Waals surface area contributed by atoms with Crippen molar-refractivity contribution in [3.05, 3.63) is 53.2 Å². The van der Waals surface area contributed by atoms with E-state index in [9.17, 15) is 0 Å². The predicted molar refractivity (Wildman–Crippen MR) is 86.5 cm³/mol. The summed E-state index contributed by atoms with van der Waals surface area (Å²) in [7, 11) is 0. The molecule has 4 nitrogen and oxygen atoms in total. The molecule has 0 aliphatic carbocycles. The molecule has 0 aliphatic rings. The van der Waals surface area contributed by atoms with E-state index >= 15 is 0 Å². The van der Waals surface area contributed by atoms with Crippen LogP contribution >= 0.6 is 11.3 Å². The summed E-state index contributed by atoms with van der Waals surface area (Å²) >= 11 is 1.60. The molecule has 3 rings (SSSR count). The van der Waals surface area contributed by atoms with Crippen molar-refractivity contribution < 1.29 is 13.9 Å². The van der Waals surface area contributed by atoms with E-state index in [1.807, 2.05) is 55.6 Å². The highest BCUT2D eigenvalue weighted by Crippen LogP contribution is 2.29. The van der Waals surface area contributed by atoms with Gasteiger partial charge in [-0.3, -0.25) is 0 Å². The first-order chi connectivity index (χ1) is 10.8. The number of para-hydroxylation sites is 2. The van der Waals surface area contributed by atoms with Crippen molar-refractivity contribution in [1.29, 1.82) is 0 Å². The number of hydrogen-bond donors (Lipinski definition) is 0. The summed E-state index contributed by atoms with van der Waals surface area (Å²) in [6, 6.07) is 11.6. The summed E-state index contributed by atoms with van der Waals surface area (Å²) in [5.74, 6) is 2.87. The van der Waals surface area contributed by atoms with E-state index in [4.69, 9.17) is 13.9 Å². The van der Waals surface area contributed by atoms with Gasteiger partial charge in [-0.25, -0.2) is 4.98 Å². The second kappa shape index (κ2) is 6.66. The first-order valence-electron chi connectivity index (χ1n) is 7.12. The summed E-state index contributed by atoms with van der Waals surface area (Å²) in [5, 5.41) is 2.00. The standard InChI is InChI=1S/C17H17NO3S/c1-3-19-14-7-4-5-8-15(14)20-11-13-12(2)21-17(18-13)16-9-6-10-22-16/h4-10H,3,11H2,1-2H3. The number of aryl methyl sites for hydroxylation is 1. The van der Waals surface area contributed by atoms with Crippen molar-refractivity contribution in [2.75, 3.05) is 6.61 Å². The van der Waals surface area contributed by atoms with E-state index in [0.717, 1.165) is 22.1 Å². The lowest BCUT2D eigenvalue weighted by atomic mass is 10.3. The lowest BCUT2D eigenvalue weighted by Crippen LogP contribution is -2.00. The average Bonchev–Trinajstić information content (AvgIpc) is 3.16. The number of aromatic nitrogens is 1. The summed E-state index contributed by atoms with van der Waals surface area (Å²) < 4.78 is 17.1. The lowest BCUT2D eigenvalue weighted by Gasteiger charge is -2.10. The minimum absolute atomic E-state index is 0.352. The summed E-state index contributed by atoms with van der Waals surface area (Å²) in [6.07, 6.45) is 0. The fourth-order valence-electron chi connectivity index (χ4n) is 2.06. The molecule has 0 saturated carbocycles. The van der Waals surface area contributed by atoms with Crippen molar-refractivity contribution in [3.63, 3.8) is 0 Å². The Balaban J connectivity index is 1.75. The molecule has 0 N–H and O–H groups in total. The molecule has 0 spiro atoms. The molecule has 0 atom stereocenters. The van der Waals surface area contributed by atoms with Gasteiger partial charge in [0.25, 0.3) is 0 Å². The van der Waals surface area contributed by atoms with Crippen molar-refractivity contribution in [2.24, 2.45) is 0 Å². The molecule has 22 heavy (non-hydrogen) atoms. The third-order valence-corrected chi connectivity index (χ3v) is 4.00. The Labute approximate surface area is 133 Å². The summed E-state index contributed by atoms with van der Waals surface area (Å²) in [6.45, 7) is 4.81. The van der Waals surface area contributed by atoms with Crippen molar-refractivity contribution in [1.82, 2.24) is 4.98 Å². The molecule has 0 aliphatic heterocycles. The fraction of sp³-hybridized carbons (Fsp3) is 0.235. The zero-order valence-corrected chi connectivity index (χ0v) is 13.4. The Morgan fingerprint density at radius 2 is 1.86 bits per heavy atom. The maximum absolute atomic E-state index is 5.84. The zero-order valence-electron chi connectivity index (χ0n) is 12.5. The molecule has 0 amide bonds. The molecule has 0 bridgehead atoms. The van der Waals surface area contributed by atoms with Gasteiger partial charge in [-0.1, -0.05) is 18.2 Å². The maximum atomic E-state index is 5.84. The van der Waals surface area contributed by atoms with E-state index in [-0.39, 0.29) is 0 Å². The van der Waals surface area contributed by atoms with E-state index in [1.54, 1.807) is 11.3 Å². The van der Waals surface area contributed by atoms with Gasteiger partial charge in [0.2, 0.25) is 5.89 Å². The molecule has 0 radical (unpaired) electrons. The number of hydrogen-bond acceptors (Lipinski definition) is 5. The van der Waals surface area contributed by atoms with E-state index in [0.29, 0.717) is 24.9 Å². The lowest BCUT2D eigenvalue weighted by molar-refractivity contribution is 0.265. The van der Waals surface area contributed by atoms with Crippen LogP contribution in [0, 0.1) is 6.92 Å². The van der Waals surface area contributed by atoms with Crippen LogP contribution in [0.3, 0.4) is 0 Å². The minimum atomic E-state index is 0.352. The Morgan fingerprint density at radius 1 is 1.09 bits per heavy atom. The fourth-order valence-corrected chi connectivity index (χ4v) is 2.71. The van der Waals surface area contributed by atoms with Crippen LogP contribution in [-0.4, -0.2) is 11.6 Å². The first-order valence-corrected chi connectivity index (χ1v) is 8.00. The second-order valence-corrected chi connectivity index (χ2v) is 5.62. The van der Waals surface area contributed by atoms with E-state index in [2.05, 4.69) is 4.98 Å². The highest BCUT2D eigenvalue weighted by Gasteiger charge is 2.13. The van der Waals surface area contributed by atoms with Gasteiger partial charge in [-0.05, 0) is 37.4 Å². The van der Waals surface area contributed by atoms with Gasteiger partial charge >= 0.3 is 0 Å². The van der Waals surface area contributed by atoms with Crippen LogP contribution in [0.4, 0.5) is 0 Å². The Bertz CT molecular complexity index is 734. The van der Waals surface area contributed by atoms with Gasteiger partial charge in [-0.15, -0.1) is 11.3 Å². The van der Waals surface area contributed by atoms with Crippen molar-refractivity contribution >= 4 is 11.3 Å². The molecule has 3 aromatic rings. The SMILES string of the molecule is CCOc1ccccc1OCc1nc(-c2cccs2)oc1C. The smallest absolute Gasteiger partial charge is 0.236 e. The molecular formula is C17H17NO3S. The largest absolute Gasteiger partial charge is 0.490 e. The molecular weight excluding hydrogens is 298 g/mol. The number of benzene rings is 1. The number of oxazole rings is 1. The zero-order chi connectivity index (χ0) is 15.4. The molecule has 0 saturated heterocycles. The van der Waals surface area contributed by atoms with Crippen LogP contribution in [0.1, 0.15) is 18.4 Å². The second-order valence-electron chi connectivity index (χ2n) is 4.67. The van der Waals surface area contributed by atoms with Crippen LogP contribution < -0.4 is 9.47 Å². The van der Waals surface area contributed by atoms with Crippen molar-refractivity contribution in [2.45, 2.75) is 20.5 Å². The van der Waals surface area contributed by atoms with Crippen LogP contribution in [0.2, 0.25) is 0 Å². The maximum Gasteiger partial charge on any atom is 0.236 e. The number of rotatable bonds is 6. The molecule has 0 unspecified atom stereocenters. The number of ether oxygens (including phenoxy) is 2. The predicted octanol–water partition coefficient (Wildman–Crippen LogP) is 4.69.